The zero-order valence-corrected chi connectivity index (χ0v) is 17.0. The number of H-pyrrole nitrogens is 1. The number of amides is 1. The number of carbonyl (C=O) groups excluding carboxylic acids is 2. The second-order valence-corrected chi connectivity index (χ2v) is 7.30. The van der Waals surface area contributed by atoms with Gasteiger partial charge in [0.25, 0.3) is 5.91 Å². The van der Waals surface area contributed by atoms with Gasteiger partial charge in [0.05, 0.1) is 16.6 Å². The third-order valence-corrected chi connectivity index (χ3v) is 4.71. The summed E-state index contributed by atoms with van der Waals surface area (Å²) in [6.07, 6.45) is 0. The lowest BCUT2D eigenvalue weighted by Crippen LogP contribution is -2.21. The first-order valence-corrected chi connectivity index (χ1v) is 9.72. The van der Waals surface area contributed by atoms with Crippen molar-refractivity contribution in [2.45, 2.75) is 0 Å². The minimum atomic E-state index is -0.634. The average molecular weight is 440 g/mol. The summed E-state index contributed by atoms with van der Waals surface area (Å²) >= 11 is 11.8. The van der Waals surface area contributed by atoms with Gasteiger partial charge in [-0.25, -0.2) is 9.78 Å². The molecule has 30 heavy (non-hydrogen) atoms. The smallest absolute Gasteiger partial charge is 0.339 e. The minimum Gasteiger partial charge on any atom is -0.452 e. The number of benzene rings is 3. The largest absolute Gasteiger partial charge is 0.452 e. The number of para-hydroxylation sites is 2. The lowest BCUT2D eigenvalue weighted by molar-refractivity contribution is -0.119. The van der Waals surface area contributed by atoms with Crippen molar-refractivity contribution in [1.82, 2.24) is 9.97 Å². The monoisotopic (exact) mass is 439 g/mol. The van der Waals surface area contributed by atoms with Gasteiger partial charge in [0.15, 0.2) is 6.61 Å². The molecule has 0 saturated carbocycles. The predicted molar refractivity (Wildman–Crippen MR) is 117 cm³/mol. The Balaban J connectivity index is 1.48. The summed E-state index contributed by atoms with van der Waals surface area (Å²) in [6, 6.07) is 19.1. The Labute approximate surface area is 181 Å². The van der Waals surface area contributed by atoms with Crippen LogP contribution in [0.5, 0.6) is 0 Å². The summed E-state index contributed by atoms with van der Waals surface area (Å²) in [5.74, 6) is -0.602. The van der Waals surface area contributed by atoms with Crippen molar-refractivity contribution < 1.29 is 14.3 Å². The molecule has 8 heteroatoms. The second-order valence-electron chi connectivity index (χ2n) is 6.43. The summed E-state index contributed by atoms with van der Waals surface area (Å²) in [5, 5.41) is 3.36. The van der Waals surface area contributed by atoms with E-state index >= 15 is 0 Å². The number of esters is 1. The Morgan fingerprint density at radius 2 is 1.67 bits per heavy atom. The van der Waals surface area contributed by atoms with E-state index in [0.29, 0.717) is 32.7 Å². The molecule has 0 aliphatic heterocycles. The van der Waals surface area contributed by atoms with Crippen molar-refractivity contribution in [1.29, 1.82) is 0 Å². The number of nitrogens with zero attached hydrogens (tertiary/aromatic N) is 1. The van der Waals surface area contributed by atoms with Crippen molar-refractivity contribution in [2.75, 3.05) is 11.9 Å². The molecule has 0 spiro atoms. The van der Waals surface area contributed by atoms with Crippen molar-refractivity contribution in [3.05, 3.63) is 82.3 Å². The van der Waals surface area contributed by atoms with Crippen LogP contribution in [-0.2, 0) is 9.53 Å². The zero-order valence-electron chi connectivity index (χ0n) is 15.5. The van der Waals surface area contributed by atoms with Crippen LogP contribution < -0.4 is 5.32 Å². The summed E-state index contributed by atoms with van der Waals surface area (Å²) < 4.78 is 5.20. The maximum atomic E-state index is 12.6. The number of rotatable bonds is 5. The van der Waals surface area contributed by atoms with Crippen molar-refractivity contribution in [3.8, 4) is 11.4 Å². The fourth-order valence-corrected chi connectivity index (χ4v) is 3.51. The molecule has 0 bridgehead atoms. The number of hydrogen-bond donors (Lipinski definition) is 2. The van der Waals surface area contributed by atoms with Gasteiger partial charge in [-0.15, -0.1) is 0 Å². The highest BCUT2D eigenvalue weighted by Crippen LogP contribution is 2.25. The van der Waals surface area contributed by atoms with Crippen LogP contribution in [0, 0.1) is 0 Å². The number of ether oxygens (including phenoxy) is 1. The van der Waals surface area contributed by atoms with Gasteiger partial charge in [0.2, 0.25) is 0 Å². The number of halogens is 2. The number of nitrogens with one attached hydrogen (secondary N) is 2. The Kier molecular flexibility index (Phi) is 5.70. The molecule has 3 aromatic carbocycles. The van der Waals surface area contributed by atoms with Gasteiger partial charge in [-0.05, 0) is 36.4 Å². The van der Waals surface area contributed by atoms with Gasteiger partial charge in [-0.3, -0.25) is 4.79 Å². The summed E-state index contributed by atoms with van der Waals surface area (Å²) in [4.78, 5) is 32.5. The number of carbonyl (C=O) groups is 2. The van der Waals surface area contributed by atoms with Crippen molar-refractivity contribution in [3.63, 3.8) is 0 Å². The van der Waals surface area contributed by atoms with Gasteiger partial charge < -0.3 is 15.0 Å². The Morgan fingerprint density at radius 3 is 2.43 bits per heavy atom. The third-order valence-electron chi connectivity index (χ3n) is 4.27. The van der Waals surface area contributed by atoms with E-state index in [0.717, 1.165) is 11.0 Å². The standard InChI is InChI=1S/C22H15Cl2N3O3/c23-13-9-14(24)11-15(10-13)25-20(28)12-30-22(29)17-6-2-1-5-16(17)21-26-18-7-3-4-8-19(18)27-21/h1-11H,12H2,(H,25,28)(H,26,27). The number of fused-ring (bicyclic) bond motifs is 1. The number of anilines is 1. The molecule has 1 aromatic heterocycles. The summed E-state index contributed by atoms with van der Waals surface area (Å²) in [6.45, 7) is -0.461. The first kappa shape index (κ1) is 19.9. The number of hydrogen-bond acceptors (Lipinski definition) is 4. The lowest BCUT2D eigenvalue weighted by Gasteiger charge is -2.09. The number of aromatic amines is 1. The topological polar surface area (TPSA) is 84.1 Å². The Bertz CT molecular complexity index is 1200. The van der Waals surface area contributed by atoms with Crippen molar-refractivity contribution in [2.24, 2.45) is 0 Å². The van der Waals surface area contributed by atoms with Gasteiger partial charge in [0.1, 0.15) is 5.82 Å². The van der Waals surface area contributed by atoms with E-state index in [2.05, 4.69) is 15.3 Å². The molecule has 2 N–H and O–H groups in total. The molecule has 6 nitrogen and oxygen atoms in total. The normalized spacial score (nSPS) is 10.7. The van der Waals surface area contributed by atoms with Crippen LogP contribution in [0.25, 0.3) is 22.4 Å². The van der Waals surface area contributed by atoms with Crippen LogP contribution in [0.4, 0.5) is 5.69 Å². The highest BCUT2D eigenvalue weighted by molar-refractivity contribution is 6.35. The third kappa shape index (κ3) is 4.45. The molecule has 0 unspecified atom stereocenters. The van der Waals surface area contributed by atoms with E-state index in [1.807, 2.05) is 24.3 Å². The van der Waals surface area contributed by atoms with E-state index in [1.165, 1.54) is 0 Å². The average Bonchev–Trinajstić information content (AvgIpc) is 3.15. The molecule has 0 atom stereocenters. The van der Waals surface area contributed by atoms with E-state index in [9.17, 15) is 9.59 Å². The first-order chi connectivity index (χ1) is 14.5. The van der Waals surface area contributed by atoms with Gasteiger partial charge in [-0.1, -0.05) is 53.5 Å². The molecule has 0 radical (unpaired) electrons. The lowest BCUT2D eigenvalue weighted by atomic mass is 10.1. The Hall–Kier alpha value is -3.35. The van der Waals surface area contributed by atoms with Gasteiger partial charge in [-0.2, -0.15) is 0 Å². The molecule has 4 aromatic rings. The Morgan fingerprint density at radius 1 is 0.967 bits per heavy atom. The van der Waals surface area contributed by atoms with Gasteiger partial charge >= 0.3 is 5.97 Å². The summed E-state index contributed by atoms with van der Waals surface area (Å²) in [7, 11) is 0. The summed E-state index contributed by atoms with van der Waals surface area (Å²) in [5.41, 5.74) is 2.94. The van der Waals surface area contributed by atoms with Crippen LogP contribution in [-0.4, -0.2) is 28.5 Å². The number of aromatic nitrogens is 2. The molecular formula is C22H15Cl2N3O3. The minimum absolute atomic E-state index is 0.301. The molecule has 0 aliphatic rings. The van der Waals surface area contributed by atoms with Crippen LogP contribution in [0.15, 0.2) is 66.7 Å². The highest BCUT2D eigenvalue weighted by Gasteiger charge is 2.17. The van der Waals surface area contributed by atoms with Crippen LogP contribution >= 0.6 is 23.2 Å². The van der Waals surface area contributed by atoms with E-state index in [1.54, 1.807) is 42.5 Å². The fraction of sp³-hybridized carbons (Fsp3) is 0.0455. The molecule has 4 rings (SSSR count). The second kappa shape index (κ2) is 8.57. The molecule has 0 saturated heterocycles. The van der Waals surface area contributed by atoms with Crippen LogP contribution in [0.1, 0.15) is 10.4 Å². The number of imidazole rings is 1. The predicted octanol–water partition coefficient (Wildman–Crippen LogP) is 5.33. The molecular weight excluding hydrogens is 425 g/mol. The maximum Gasteiger partial charge on any atom is 0.339 e. The zero-order chi connectivity index (χ0) is 21.1. The first-order valence-electron chi connectivity index (χ1n) is 8.97. The molecule has 1 heterocycles. The van der Waals surface area contributed by atoms with E-state index in [-0.39, 0.29) is 0 Å². The van der Waals surface area contributed by atoms with Crippen molar-refractivity contribution >= 4 is 51.8 Å². The van der Waals surface area contributed by atoms with Gasteiger partial charge in [0, 0.05) is 21.3 Å². The van der Waals surface area contributed by atoms with E-state index < -0.39 is 18.5 Å². The maximum absolute atomic E-state index is 12.6. The quantitative estimate of drug-likeness (QED) is 0.411. The fourth-order valence-electron chi connectivity index (χ4n) is 2.98. The molecule has 0 aliphatic carbocycles. The molecule has 150 valence electrons. The molecule has 0 fully saturated rings. The SMILES string of the molecule is O=C(COC(=O)c1ccccc1-c1nc2ccccc2[nH]1)Nc1cc(Cl)cc(Cl)c1. The highest BCUT2D eigenvalue weighted by atomic mass is 35.5. The van der Waals surface area contributed by atoms with Crippen LogP contribution in [0.2, 0.25) is 10.0 Å². The molecule has 1 amide bonds. The van der Waals surface area contributed by atoms with E-state index in [4.69, 9.17) is 27.9 Å². The van der Waals surface area contributed by atoms with Crippen LogP contribution in [0.3, 0.4) is 0 Å².